The van der Waals surface area contributed by atoms with Crippen LogP contribution >= 0.6 is 11.3 Å². The van der Waals surface area contributed by atoms with E-state index in [-0.39, 0.29) is 6.54 Å². The third-order valence-corrected chi connectivity index (χ3v) is 4.86. The number of nitrogens with one attached hydrogen (secondary N) is 1. The van der Waals surface area contributed by atoms with Gasteiger partial charge >= 0.3 is 6.09 Å². The lowest BCUT2D eigenvalue weighted by Gasteiger charge is -2.15. The highest BCUT2D eigenvalue weighted by atomic mass is 32.2. The zero-order chi connectivity index (χ0) is 18.3. The molecule has 1 amide bonds. The van der Waals surface area contributed by atoms with Gasteiger partial charge in [0, 0.05) is 24.0 Å². The second-order valence-electron chi connectivity index (χ2n) is 5.32. The summed E-state index contributed by atoms with van der Waals surface area (Å²) in [6.07, 6.45) is 0.788. The zero-order valence-corrected chi connectivity index (χ0v) is 15.1. The van der Waals surface area contributed by atoms with E-state index in [9.17, 15) is 18.3 Å². The average molecular weight is 384 g/mol. The number of rotatable bonds is 9. The van der Waals surface area contributed by atoms with Gasteiger partial charge in [-0.1, -0.05) is 36.8 Å². The number of aromatic nitrogens is 1. The van der Waals surface area contributed by atoms with Crippen molar-refractivity contribution in [3.05, 3.63) is 35.7 Å². The van der Waals surface area contributed by atoms with Crippen molar-refractivity contribution < 1.29 is 18.3 Å². The van der Waals surface area contributed by atoms with E-state index in [2.05, 4.69) is 9.71 Å². The van der Waals surface area contributed by atoms with Gasteiger partial charge in [0.05, 0.1) is 5.69 Å². The van der Waals surface area contributed by atoms with Gasteiger partial charge in [0.25, 0.3) is 10.2 Å². The first kappa shape index (κ1) is 19.3. The Labute approximate surface area is 150 Å². The Hall–Kier alpha value is -2.01. The van der Waals surface area contributed by atoms with Gasteiger partial charge in [-0.2, -0.15) is 8.42 Å². The van der Waals surface area contributed by atoms with E-state index in [4.69, 9.17) is 5.14 Å². The summed E-state index contributed by atoms with van der Waals surface area (Å²) < 4.78 is 23.7. The van der Waals surface area contributed by atoms with E-state index in [1.165, 1.54) is 16.2 Å². The summed E-state index contributed by atoms with van der Waals surface area (Å²) >= 11 is 1.28. The lowest BCUT2D eigenvalue weighted by molar-refractivity contribution is 0.201. The third-order valence-electron chi connectivity index (χ3n) is 3.39. The van der Waals surface area contributed by atoms with Crippen molar-refractivity contribution in [2.75, 3.05) is 18.0 Å². The molecule has 0 fully saturated rings. The predicted octanol–water partition coefficient (Wildman–Crippen LogP) is 2.26. The van der Waals surface area contributed by atoms with Gasteiger partial charge in [0.15, 0.2) is 5.13 Å². The minimum atomic E-state index is -3.67. The van der Waals surface area contributed by atoms with Crippen LogP contribution in [-0.2, 0) is 10.2 Å². The molecule has 136 valence electrons. The highest BCUT2D eigenvalue weighted by Gasteiger charge is 2.18. The topological polar surface area (TPSA) is 126 Å². The summed E-state index contributed by atoms with van der Waals surface area (Å²) in [7, 11) is -3.67. The number of amides is 1. The molecule has 0 bridgehead atoms. The predicted molar refractivity (Wildman–Crippen MR) is 97.9 cm³/mol. The van der Waals surface area contributed by atoms with Crippen LogP contribution in [0.3, 0.4) is 0 Å². The molecule has 0 aliphatic rings. The Bertz CT molecular complexity index is 793. The van der Waals surface area contributed by atoms with E-state index in [0.29, 0.717) is 30.9 Å². The van der Waals surface area contributed by atoms with Crippen molar-refractivity contribution in [1.82, 2.24) is 9.71 Å². The highest BCUT2D eigenvalue weighted by Crippen LogP contribution is 2.27. The molecule has 0 saturated carbocycles. The molecule has 25 heavy (non-hydrogen) atoms. The summed E-state index contributed by atoms with van der Waals surface area (Å²) in [6.45, 7) is 0.535. The van der Waals surface area contributed by atoms with Crippen molar-refractivity contribution in [3.8, 4) is 11.3 Å². The SMILES string of the molecule is NS(=O)(=O)NCCCCCN(C(=O)O)c1nc(-c2ccccc2)cs1. The Morgan fingerprint density at radius 1 is 1.24 bits per heavy atom. The molecular weight excluding hydrogens is 364 g/mol. The normalized spacial score (nSPS) is 11.4. The summed E-state index contributed by atoms with van der Waals surface area (Å²) in [4.78, 5) is 17.1. The quantitative estimate of drug-likeness (QED) is 0.572. The molecule has 2 aromatic rings. The van der Waals surface area contributed by atoms with Gasteiger partial charge in [0.1, 0.15) is 0 Å². The molecule has 2 rings (SSSR count). The standard InChI is InChI=1S/C15H20N4O4S2/c16-25(22,23)17-9-5-2-6-10-19(15(20)21)14-18-13(11-24-14)12-7-3-1-4-8-12/h1,3-4,7-8,11,17H,2,5-6,9-10H2,(H,20,21)(H2,16,22,23). The Balaban J connectivity index is 1.89. The van der Waals surface area contributed by atoms with Gasteiger partial charge in [-0.3, -0.25) is 4.90 Å². The monoisotopic (exact) mass is 384 g/mol. The zero-order valence-electron chi connectivity index (χ0n) is 13.5. The van der Waals surface area contributed by atoms with Gasteiger partial charge in [-0.15, -0.1) is 11.3 Å². The third kappa shape index (κ3) is 6.42. The van der Waals surface area contributed by atoms with E-state index >= 15 is 0 Å². The summed E-state index contributed by atoms with van der Waals surface area (Å²) in [6, 6.07) is 9.55. The summed E-state index contributed by atoms with van der Waals surface area (Å²) in [5, 5.41) is 16.5. The molecule has 1 aromatic heterocycles. The molecule has 10 heteroatoms. The van der Waals surface area contributed by atoms with Crippen molar-refractivity contribution in [3.63, 3.8) is 0 Å². The van der Waals surface area contributed by atoms with Gasteiger partial charge in [-0.25, -0.2) is 19.6 Å². The van der Waals surface area contributed by atoms with Crippen molar-refractivity contribution in [2.24, 2.45) is 5.14 Å². The first-order valence-electron chi connectivity index (χ1n) is 7.65. The van der Waals surface area contributed by atoms with E-state index < -0.39 is 16.3 Å². The maximum absolute atomic E-state index is 11.5. The first-order valence-corrected chi connectivity index (χ1v) is 10.1. The number of thiazole rings is 1. The number of carbonyl (C=O) groups is 1. The molecular formula is C15H20N4O4S2. The number of benzene rings is 1. The van der Waals surface area contributed by atoms with Crippen molar-refractivity contribution in [2.45, 2.75) is 19.3 Å². The van der Waals surface area contributed by atoms with E-state index in [1.54, 1.807) is 0 Å². The van der Waals surface area contributed by atoms with Gasteiger partial charge < -0.3 is 5.11 Å². The van der Waals surface area contributed by atoms with Crippen LogP contribution in [0.2, 0.25) is 0 Å². The lowest BCUT2D eigenvalue weighted by Crippen LogP contribution is -2.32. The van der Waals surface area contributed by atoms with Crippen LogP contribution in [0, 0.1) is 0 Å². The smallest absolute Gasteiger partial charge is 0.413 e. The second-order valence-corrected chi connectivity index (χ2v) is 7.53. The molecule has 8 nitrogen and oxygen atoms in total. The number of hydrogen-bond acceptors (Lipinski definition) is 5. The van der Waals surface area contributed by atoms with Gasteiger partial charge in [-0.05, 0) is 12.8 Å². The number of nitrogens with zero attached hydrogens (tertiary/aromatic N) is 2. The second kappa shape index (κ2) is 8.90. The van der Waals surface area contributed by atoms with Crippen molar-refractivity contribution in [1.29, 1.82) is 0 Å². The van der Waals surface area contributed by atoms with Crippen LogP contribution in [0.4, 0.5) is 9.93 Å². The van der Waals surface area contributed by atoms with Crippen LogP contribution in [0.25, 0.3) is 11.3 Å². The lowest BCUT2D eigenvalue weighted by atomic mass is 10.2. The maximum Gasteiger partial charge on any atom is 0.413 e. The molecule has 0 aliphatic heterocycles. The van der Waals surface area contributed by atoms with E-state index in [0.717, 1.165) is 11.3 Å². The van der Waals surface area contributed by atoms with Crippen LogP contribution in [0.1, 0.15) is 19.3 Å². The van der Waals surface area contributed by atoms with Gasteiger partial charge in [0.2, 0.25) is 0 Å². The Kier molecular flexibility index (Phi) is 6.88. The van der Waals surface area contributed by atoms with Crippen molar-refractivity contribution >= 4 is 32.8 Å². The first-order chi connectivity index (χ1) is 11.9. The molecule has 1 heterocycles. The number of anilines is 1. The minimum absolute atomic E-state index is 0.237. The molecule has 0 unspecified atom stereocenters. The number of carboxylic acid groups (broad SMARTS) is 1. The minimum Gasteiger partial charge on any atom is -0.465 e. The maximum atomic E-state index is 11.5. The van der Waals surface area contributed by atoms with Crippen LogP contribution in [0.15, 0.2) is 35.7 Å². The summed E-state index contributed by atoms with van der Waals surface area (Å²) in [5.41, 5.74) is 1.67. The molecule has 1 aromatic carbocycles. The molecule has 0 saturated heterocycles. The van der Waals surface area contributed by atoms with E-state index in [1.807, 2.05) is 35.7 Å². The molecule has 4 N–H and O–H groups in total. The molecule has 0 aliphatic carbocycles. The largest absolute Gasteiger partial charge is 0.465 e. The highest BCUT2D eigenvalue weighted by molar-refractivity contribution is 7.87. The average Bonchev–Trinajstić information content (AvgIpc) is 3.03. The van der Waals surface area contributed by atoms with Crippen LogP contribution in [-0.4, -0.2) is 37.7 Å². The van der Waals surface area contributed by atoms with Crippen LogP contribution < -0.4 is 14.8 Å². The fourth-order valence-electron chi connectivity index (χ4n) is 2.19. The Morgan fingerprint density at radius 3 is 2.60 bits per heavy atom. The number of unbranched alkanes of at least 4 members (excludes halogenated alkanes) is 2. The number of hydrogen-bond donors (Lipinski definition) is 3. The molecule has 0 atom stereocenters. The Morgan fingerprint density at radius 2 is 1.96 bits per heavy atom. The molecule has 0 radical (unpaired) electrons. The molecule has 0 spiro atoms. The number of nitrogens with two attached hydrogens (primary N) is 1. The fraction of sp³-hybridized carbons (Fsp3) is 0.333. The fourth-order valence-corrected chi connectivity index (χ4v) is 3.47. The summed E-state index contributed by atoms with van der Waals surface area (Å²) in [5.74, 6) is 0. The van der Waals surface area contributed by atoms with Crippen LogP contribution in [0.5, 0.6) is 0 Å².